The van der Waals surface area contributed by atoms with E-state index in [1.54, 1.807) is 20.8 Å². The third kappa shape index (κ3) is 4.36. The number of ether oxygens (including phenoxy) is 2. The first-order chi connectivity index (χ1) is 8.51. The summed E-state index contributed by atoms with van der Waals surface area (Å²) in [6.07, 6.45) is -0.543. The Balaban J connectivity index is 0.00000200. The fourth-order valence-electron chi connectivity index (χ4n) is 2.45. The molecule has 0 aliphatic carbocycles. The molecule has 0 aromatic heterocycles. The van der Waals surface area contributed by atoms with Gasteiger partial charge in [-0.15, -0.1) is 0 Å². The Morgan fingerprint density at radius 1 is 1.35 bits per heavy atom. The van der Waals surface area contributed by atoms with Gasteiger partial charge >= 0.3 is 64.5 Å². The van der Waals surface area contributed by atoms with Crippen molar-refractivity contribution in [1.29, 1.82) is 0 Å². The molecule has 2 fully saturated rings. The summed E-state index contributed by atoms with van der Waals surface area (Å²) in [6, 6.07) is 0. The Bertz CT molecular complexity index is 380. The molecule has 0 saturated carbocycles. The van der Waals surface area contributed by atoms with Gasteiger partial charge in [-0.25, -0.2) is 4.79 Å². The average Bonchev–Trinajstić information content (AvgIpc) is 2.55. The van der Waals surface area contributed by atoms with Crippen LogP contribution in [0.25, 0.3) is 0 Å². The van der Waals surface area contributed by atoms with Crippen LogP contribution in [0.5, 0.6) is 0 Å². The molecular formula is C11H18BF3KNO3. The van der Waals surface area contributed by atoms with Crippen molar-refractivity contribution in [3.63, 3.8) is 0 Å². The first-order valence-electron chi connectivity index (χ1n) is 6.33. The second-order valence-corrected chi connectivity index (χ2v) is 6.42. The topological polar surface area (TPSA) is 38.8 Å². The monoisotopic (exact) mass is 319 g/mol. The van der Waals surface area contributed by atoms with Gasteiger partial charge in [-0.1, -0.05) is 0 Å². The fraction of sp³-hybridized carbons (Fsp3) is 0.909. The van der Waals surface area contributed by atoms with Crippen LogP contribution in [0.3, 0.4) is 0 Å². The van der Waals surface area contributed by atoms with E-state index in [0.29, 0.717) is 0 Å². The van der Waals surface area contributed by atoms with Gasteiger partial charge in [0.05, 0.1) is 13.1 Å². The van der Waals surface area contributed by atoms with Crippen LogP contribution >= 0.6 is 0 Å². The van der Waals surface area contributed by atoms with Crippen molar-refractivity contribution in [3.8, 4) is 0 Å². The quantitative estimate of drug-likeness (QED) is 0.619. The number of carbonyl (C=O) groups is 1. The zero-order valence-corrected chi connectivity index (χ0v) is 15.4. The zero-order valence-electron chi connectivity index (χ0n) is 12.3. The van der Waals surface area contributed by atoms with Crippen LogP contribution in [0, 0.1) is 0 Å². The molecule has 1 amide bonds. The molecule has 0 aromatic carbocycles. The minimum absolute atomic E-state index is 0. The summed E-state index contributed by atoms with van der Waals surface area (Å²) < 4.78 is 48.3. The number of halogens is 3. The molecule has 1 atom stereocenters. The van der Waals surface area contributed by atoms with Crippen LogP contribution in [0.1, 0.15) is 27.2 Å². The summed E-state index contributed by atoms with van der Waals surface area (Å²) in [5.41, 5.74) is -1.41. The predicted molar refractivity (Wildman–Crippen MR) is 63.9 cm³/mol. The number of nitrogens with zero attached hydrogens (tertiary/aromatic N) is 1. The smallest absolute Gasteiger partial charge is 0.449 e. The number of hydrogen-bond donors (Lipinski definition) is 0. The van der Waals surface area contributed by atoms with Gasteiger partial charge in [-0.3, -0.25) is 0 Å². The van der Waals surface area contributed by atoms with Crippen LogP contribution in [0.4, 0.5) is 17.7 Å². The van der Waals surface area contributed by atoms with Crippen LogP contribution in [0.2, 0.25) is 5.82 Å². The molecule has 20 heavy (non-hydrogen) atoms. The maximum absolute atomic E-state index is 12.6. The van der Waals surface area contributed by atoms with Crippen LogP contribution in [0.15, 0.2) is 0 Å². The number of rotatable bonds is 1. The van der Waals surface area contributed by atoms with E-state index in [-0.39, 0.29) is 77.5 Å². The van der Waals surface area contributed by atoms with E-state index < -0.39 is 30.1 Å². The van der Waals surface area contributed by atoms with Gasteiger partial charge in [0.15, 0.2) is 0 Å². The van der Waals surface area contributed by atoms with Crippen molar-refractivity contribution >= 4 is 13.1 Å². The molecule has 0 radical (unpaired) electrons. The van der Waals surface area contributed by atoms with E-state index in [2.05, 4.69) is 0 Å². The normalized spacial score (nSPS) is 25.1. The molecule has 0 N–H and O–H groups in total. The summed E-state index contributed by atoms with van der Waals surface area (Å²) in [4.78, 5) is 13.1. The van der Waals surface area contributed by atoms with Gasteiger partial charge in [-0.2, -0.15) is 0 Å². The number of hydrogen-bond acceptors (Lipinski definition) is 3. The minimum atomic E-state index is -4.86. The molecule has 9 heteroatoms. The van der Waals surface area contributed by atoms with Gasteiger partial charge in [0.1, 0.15) is 11.2 Å². The zero-order chi connectivity index (χ0) is 14.5. The molecule has 110 valence electrons. The van der Waals surface area contributed by atoms with Crippen LogP contribution in [-0.4, -0.2) is 48.9 Å². The van der Waals surface area contributed by atoms with Gasteiger partial charge in [0.25, 0.3) is 0 Å². The average molecular weight is 319 g/mol. The van der Waals surface area contributed by atoms with Crippen molar-refractivity contribution in [1.82, 2.24) is 4.90 Å². The summed E-state index contributed by atoms with van der Waals surface area (Å²) in [6.45, 7) is 0.455. The molecule has 2 aliphatic heterocycles. The van der Waals surface area contributed by atoms with Crippen molar-refractivity contribution < 1.29 is 78.6 Å². The van der Waals surface area contributed by atoms with Gasteiger partial charge in [-0.05, 0) is 33.0 Å². The third-order valence-corrected chi connectivity index (χ3v) is 3.38. The second kappa shape index (κ2) is 6.08. The number of amides is 1. The summed E-state index contributed by atoms with van der Waals surface area (Å²) in [7, 11) is 0. The first-order valence-corrected chi connectivity index (χ1v) is 6.33. The first kappa shape index (κ1) is 18.8. The Labute approximate surface area is 159 Å². The summed E-state index contributed by atoms with van der Waals surface area (Å²) >= 11 is 0. The van der Waals surface area contributed by atoms with Gasteiger partial charge in [0, 0.05) is 6.61 Å². The van der Waals surface area contributed by atoms with E-state index in [4.69, 9.17) is 9.47 Å². The van der Waals surface area contributed by atoms with Gasteiger partial charge < -0.3 is 27.3 Å². The number of carbonyl (C=O) groups excluding carboxylic acids is 1. The molecule has 1 unspecified atom stereocenters. The molecule has 4 nitrogen and oxygen atoms in total. The molecule has 0 aromatic rings. The molecular weight excluding hydrogens is 301 g/mol. The molecule has 2 rings (SSSR count). The summed E-state index contributed by atoms with van der Waals surface area (Å²) in [5, 5.41) is 0. The van der Waals surface area contributed by atoms with Crippen LogP contribution < -0.4 is 51.4 Å². The molecule has 0 bridgehead atoms. The van der Waals surface area contributed by atoms with E-state index in [9.17, 15) is 17.7 Å². The van der Waals surface area contributed by atoms with E-state index in [1.165, 1.54) is 4.90 Å². The van der Waals surface area contributed by atoms with E-state index in [1.807, 2.05) is 0 Å². The Morgan fingerprint density at radius 2 is 1.90 bits per heavy atom. The SMILES string of the molecule is CC(C)(C)OC(=O)N1CC2(CC([B-](F)(F)F)CO2)C1.[K+]. The van der Waals surface area contributed by atoms with E-state index in [0.717, 1.165) is 0 Å². The minimum Gasteiger partial charge on any atom is -0.449 e. The second-order valence-electron chi connectivity index (χ2n) is 6.42. The third-order valence-electron chi connectivity index (χ3n) is 3.38. The molecule has 1 spiro atoms. The van der Waals surface area contributed by atoms with Gasteiger partial charge in [0.2, 0.25) is 0 Å². The van der Waals surface area contributed by atoms with E-state index >= 15 is 0 Å². The maximum atomic E-state index is 12.6. The molecule has 2 saturated heterocycles. The van der Waals surface area contributed by atoms with Crippen molar-refractivity contribution in [2.45, 2.75) is 44.2 Å². The Kier molecular flexibility index (Phi) is 5.70. The standard InChI is InChI=1S/C11H18BF3NO3.K/c1-10(2,3)19-9(17)16-6-11(7-16)4-8(5-18-11)12(13,14)15;/h8H,4-7H2,1-3H3;/q-1;+1. The van der Waals surface area contributed by atoms with Crippen molar-refractivity contribution in [2.24, 2.45) is 0 Å². The molecule has 2 aliphatic rings. The largest absolute Gasteiger partial charge is 1.00 e. The Hall–Kier alpha value is 0.721. The number of likely N-dealkylation sites (tertiary alicyclic amines) is 1. The maximum Gasteiger partial charge on any atom is 1.00 e. The molecule has 2 heterocycles. The predicted octanol–water partition coefficient (Wildman–Crippen LogP) is -0.382. The fourth-order valence-corrected chi connectivity index (χ4v) is 2.45. The van der Waals surface area contributed by atoms with Crippen LogP contribution in [-0.2, 0) is 9.47 Å². The van der Waals surface area contributed by atoms with Crippen molar-refractivity contribution in [3.05, 3.63) is 0 Å². The summed E-state index contributed by atoms with van der Waals surface area (Å²) in [5.74, 6) is -1.36. The Morgan fingerprint density at radius 3 is 2.30 bits per heavy atom. The van der Waals surface area contributed by atoms with Crippen molar-refractivity contribution in [2.75, 3.05) is 19.7 Å².